The molecule has 1 aromatic rings. The molecule has 88 valence electrons. The Morgan fingerprint density at radius 3 is 3.00 bits per heavy atom. The first-order valence-electron chi connectivity index (χ1n) is 5.33. The number of aromatic nitrogens is 2. The lowest BCUT2D eigenvalue weighted by molar-refractivity contribution is 0.105. The van der Waals surface area contributed by atoms with Crippen molar-refractivity contribution in [2.24, 2.45) is 0 Å². The number of anilines is 1. The van der Waals surface area contributed by atoms with Crippen molar-refractivity contribution in [1.29, 1.82) is 0 Å². The Labute approximate surface area is 92.4 Å². The monoisotopic (exact) mass is 225 g/mol. The van der Waals surface area contributed by atoms with Gasteiger partial charge >= 0.3 is 0 Å². The molecule has 6 heteroatoms. The molecule has 16 heavy (non-hydrogen) atoms. The van der Waals surface area contributed by atoms with Gasteiger partial charge in [-0.15, -0.1) is 0 Å². The molecule has 1 aliphatic rings. The Hall–Kier alpha value is -1.40. The minimum atomic E-state index is -0.842. The number of aliphatic hydroxyl groups is 2. The minimum Gasteiger partial charge on any atom is -0.394 e. The average Bonchev–Trinajstić information content (AvgIpc) is 3.09. The highest BCUT2D eigenvalue weighted by molar-refractivity contribution is 5.34. The average molecular weight is 225 g/mol. The molecule has 1 aliphatic carbocycles. The topological polar surface area (TPSA) is 98.2 Å². The molecule has 0 amide bonds. The predicted molar refractivity (Wildman–Crippen MR) is 58.4 cm³/mol. The van der Waals surface area contributed by atoms with Crippen molar-refractivity contribution in [3.05, 3.63) is 22.2 Å². The summed E-state index contributed by atoms with van der Waals surface area (Å²) in [5, 5.41) is 20.6. The van der Waals surface area contributed by atoms with E-state index in [1.165, 1.54) is 6.07 Å². The van der Waals surface area contributed by atoms with Gasteiger partial charge in [-0.1, -0.05) is 0 Å². The van der Waals surface area contributed by atoms with Gasteiger partial charge in [0.2, 0.25) is 0 Å². The number of rotatable bonds is 5. The zero-order valence-corrected chi connectivity index (χ0v) is 8.81. The number of H-pyrrole nitrogens is 1. The van der Waals surface area contributed by atoms with E-state index in [-0.39, 0.29) is 18.7 Å². The lowest BCUT2D eigenvalue weighted by atomic mass is 10.3. The Kier molecular flexibility index (Phi) is 3.21. The highest BCUT2D eigenvalue weighted by Gasteiger charge is 2.26. The standard InChI is InChI=1S/C10H15N3O3/c14-5-7(15)4-11-8-3-9(16)13-10(12-8)6-1-2-6/h3,6-7,14-15H,1-2,4-5H2,(H2,11,12,13,16). The molecule has 4 N–H and O–H groups in total. The minimum absolute atomic E-state index is 0.178. The molecule has 0 aliphatic heterocycles. The van der Waals surface area contributed by atoms with Crippen LogP contribution in [0.2, 0.25) is 0 Å². The second-order valence-corrected chi connectivity index (χ2v) is 4.01. The fourth-order valence-electron chi connectivity index (χ4n) is 1.40. The van der Waals surface area contributed by atoms with Gasteiger partial charge < -0.3 is 20.5 Å². The number of aliphatic hydroxyl groups excluding tert-OH is 2. The van der Waals surface area contributed by atoms with Crippen molar-refractivity contribution >= 4 is 5.82 Å². The number of nitrogens with zero attached hydrogens (tertiary/aromatic N) is 1. The van der Waals surface area contributed by atoms with Crippen LogP contribution in [0.25, 0.3) is 0 Å². The highest BCUT2D eigenvalue weighted by Crippen LogP contribution is 2.37. The Balaban J connectivity index is 2.05. The first-order valence-corrected chi connectivity index (χ1v) is 5.33. The quantitative estimate of drug-likeness (QED) is 0.537. The van der Waals surface area contributed by atoms with Crippen molar-refractivity contribution in [2.45, 2.75) is 24.9 Å². The van der Waals surface area contributed by atoms with Gasteiger partial charge in [-0.2, -0.15) is 0 Å². The van der Waals surface area contributed by atoms with Gasteiger partial charge in [0.1, 0.15) is 11.6 Å². The summed E-state index contributed by atoms with van der Waals surface area (Å²) in [4.78, 5) is 18.2. The van der Waals surface area contributed by atoms with Crippen molar-refractivity contribution in [2.75, 3.05) is 18.5 Å². The summed E-state index contributed by atoms with van der Waals surface area (Å²) >= 11 is 0. The Morgan fingerprint density at radius 1 is 1.62 bits per heavy atom. The molecular weight excluding hydrogens is 210 g/mol. The zero-order valence-electron chi connectivity index (χ0n) is 8.81. The van der Waals surface area contributed by atoms with Gasteiger partial charge in [0.05, 0.1) is 12.7 Å². The number of hydrogen-bond acceptors (Lipinski definition) is 5. The fraction of sp³-hybridized carbons (Fsp3) is 0.600. The largest absolute Gasteiger partial charge is 0.394 e. The Morgan fingerprint density at radius 2 is 2.38 bits per heavy atom. The summed E-state index contributed by atoms with van der Waals surface area (Å²) in [6, 6.07) is 1.34. The summed E-state index contributed by atoms with van der Waals surface area (Å²) < 4.78 is 0. The predicted octanol–water partition coefficient (Wildman–Crippen LogP) is -0.588. The molecule has 0 aromatic carbocycles. The van der Waals surface area contributed by atoms with E-state index >= 15 is 0 Å². The second-order valence-electron chi connectivity index (χ2n) is 4.01. The maximum Gasteiger partial charge on any atom is 0.252 e. The van der Waals surface area contributed by atoms with E-state index in [9.17, 15) is 4.79 Å². The summed E-state index contributed by atoms with van der Waals surface area (Å²) in [7, 11) is 0. The van der Waals surface area contributed by atoms with Crippen molar-refractivity contribution in [3.8, 4) is 0 Å². The molecule has 6 nitrogen and oxygen atoms in total. The van der Waals surface area contributed by atoms with Gasteiger partial charge in [-0.3, -0.25) is 4.79 Å². The highest BCUT2D eigenvalue weighted by atomic mass is 16.3. The molecule has 0 saturated heterocycles. The lowest BCUT2D eigenvalue weighted by Crippen LogP contribution is -2.24. The van der Waals surface area contributed by atoms with Crippen LogP contribution in [0.1, 0.15) is 24.6 Å². The van der Waals surface area contributed by atoms with Crippen LogP contribution in [0.3, 0.4) is 0 Å². The van der Waals surface area contributed by atoms with Crippen LogP contribution in [0.15, 0.2) is 10.9 Å². The third kappa shape index (κ3) is 2.80. The third-order valence-corrected chi connectivity index (χ3v) is 2.45. The van der Waals surface area contributed by atoms with E-state index in [1.807, 2.05) is 0 Å². The maximum atomic E-state index is 11.3. The fourth-order valence-corrected chi connectivity index (χ4v) is 1.40. The molecule has 1 heterocycles. The lowest BCUT2D eigenvalue weighted by Gasteiger charge is -2.09. The summed E-state index contributed by atoms with van der Waals surface area (Å²) in [5.41, 5.74) is -0.196. The first-order chi connectivity index (χ1) is 7.69. The normalized spacial score (nSPS) is 17.1. The summed E-state index contributed by atoms with van der Waals surface area (Å²) in [6.07, 6.45) is 1.28. The van der Waals surface area contributed by atoms with E-state index in [2.05, 4.69) is 15.3 Å². The van der Waals surface area contributed by atoms with Gasteiger partial charge in [0, 0.05) is 18.5 Å². The number of hydrogen-bond donors (Lipinski definition) is 4. The SMILES string of the molecule is O=c1cc(NCC(O)CO)nc(C2CC2)[nH]1. The molecule has 0 bridgehead atoms. The van der Waals surface area contributed by atoms with Gasteiger partial charge in [-0.25, -0.2) is 4.98 Å². The molecule has 1 fully saturated rings. The van der Waals surface area contributed by atoms with Gasteiger partial charge in [0.25, 0.3) is 5.56 Å². The van der Waals surface area contributed by atoms with E-state index in [1.54, 1.807) is 0 Å². The molecule has 0 spiro atoms. The van der Waals surface area contributed by atoms with Crippen molar-refractivity contribution < 1.29 is 10.2 Å². The van der Waals surface area contributed by atoms with Crippen LogP contribution < -0.4 is 10.9 Å². The zero-order chi connectivity index (χ0) is 11.5. The van der Waals surface area contributed by atoms with Crippen LogP contribution in [-0.4, -0.2) is 39.4 Å². The smallest absolute Gasteiger partial charge is 0.252 e. The van der Waals surface area contributed by atoms with E-state index < -0.39 is 6.10 Å². The summed E-state index contributed by atoms with van der Waals surface area (Å²) in [5.74, 6) is 1.52. The molecule has 0 radical (unpaired) electrons. The van der Waals surface area contributed by atoms with Crippen LogP contribution in [0.5, 0.6) is 0 Å². The molecule has 1 saturated carbocycles. The first kappa shape index (κ1) is 11.1. The van der Waals surface area contributed by atoms with Crippen LogP contribution in [0.4, 0.5) is 5.82 Å². The third-order valence-electron chi connectivity index (χ3n) is 2.45. The number of aromatic amines is 1. The Bertz CT molecular complexity index is 414. The van der Waals surface area contributed by atoms with Crippen LogP contribution in [-0.2, 0) is 0 Å². The molecule has 1 aromatic heterocycles. The van der Waals surface area contributed by atoms with Crippen molar-refractivity contribution in [3.63, 3.8) is 0 Å². The summed E-state index contributed by atoms with van der Waals surface area (Å²) in [6.45, 7) is -0.136. The van der Waals surface area contributed by atoms with Crippen LogP contribution in [0, 0.1) is 0 Å². The van der Waals surface area contributed by atoms with E-state index in [4.69, 9.17) is 10.2 Å². The van der Waals surface area contributed by atoms with Crippen LogP contribution >= 0.6 is 0 Å². The maximum absolute atomic E-state index is 11.3. The number of nitrogens with one attached hydrogen (secondary N) is 2. The van der Waals surface area contributed by atoms with Gasteiger partial charge in [0.15, 0.2) is 0 Å². The molecular formula is C10H15N3O3. The second kappa shape index (κ2) is 4.63. The van der Waals surface area contributed by atoms with E-state index in [0.29, 0.717) is 17.6 Å². The van der Waals surface area contributed by atoms with E-state index in [0.717, 1.165) is 12.8 Å². The van der Waals surface area contributed by atoms with Crippen molar-refractivity contribution in [1.82, 2.24) is 9.97 Å². The molecule has 1 atom stereocenters. The molecule has 2 rings (SSSR count). The van der Waals surface area contributed by atoms with Gasteiger partial charge in [-0.05, 0) is 12.8 Å². The molecule has 1 unspecified atom stereocenters.